The van der Waals surface area contributed by atoms with Crippen LogP contribution in [0.3, 0.4) is 0 Å². The molecule has 4 aromatic rings. The number of sulfone groups is 1. The van der Waals surface area contributed by atoms with E-state index >= 15 is 0 Å². The van der Waals surface area contributed by atoms with Crippen LogP contribution in [-0.2, 0) is 16.4 Å². The Kier molecular flexibility index (Phi) is 6.65. The number of hydrogen-bond acceptors (Lipinski definition) is 4. The second-order valence-electron chi connectivity index (χ2n) is 7.59. The first-order valence-corrected chi connectivity index (χ1v) is 12.7. The molecule has 0 aliphatic heterocycles. The molecule has 3 aromatic carbocycles. The fourth-order valence-corrected chi connectivity index (χ4v) is 4.54. The zero-order valence-electron chi connectivity index (χ0n) is 17.9. The van der Waals surface area contributed by atoms with E-state index in [1.165, 1.54) is 41.2 Å². The van der Waals surface area contributed by atoms with Gasteiger partial charge in [0.2, 0.25) is 0 Å². The lowest BCUT2D eigenvalue weighted by Crippen LogP contribution is -2.26. The number of halogens is 2. The summed E-state index contributed by atoms with van der Waals surface area (Å²) in [6, 6.07) is 19.9. The first kappa shape index (κ1) is 23.8. The smallest absolute Gasteiger partial charge is 0.284 e. The monoisotopic (exact) mass is 515 g/mol. The van der Waals surface area contributed by atoms with Gasteiger partial charge in [0.1, 0.15) is 5.56 Å². The molecular formula is C24H19Cl2N3O4S. The summed E-state index contributed by atoms with van der Waals surface area (Å²) in [5.74, 6) is -0.636. The van der Waals surface area contributed by atoms with Crippen LogP contribution in [0.15, 0.2) is 88.7 Å². The number of nitrogens with zero attached hydrogens (tertiary/aromatic N) is 2. The van der Waals surface area contributed by atoms with Gasteiger partial charge >= 0.3 is 0 Å². The third-order valence-electron chi connectivity index (χ3n) is 5.07. The second-order valence-corrected chi connectivity index (χ2v) is 10.4. The third kappa shape index (κ3) is 5.09. The predicted molar refractivity (Wildman–Crippen MR) is 133 cm³/mol. The van der Waals surface area contributed by atoms with E-state index in [1.807, 2.05) is 30.3 Å². The zero-order valence-corrected chi connectivity index (χ0v) is 20.2. The van der Waals surface area contributed by atoms with Gasteiger partial charge in [-0.1, -0.05) is 53.5 Å². The first-order chi connectivity index (χ1) is 16.1. The Morgan fingerprint density at radius 2 is 1.65 bits per heavy atom. The highest BCUT2D eigenvalue weighted by Crippen LogP contribution is 2.24. The molecule has 1 heterocycles. The number of hydrogen-bond donors (Lipinski definition) is 1. The molecule has 1 N–H and O–H groups in total. The molecular weight excluding hydrogens is 497 g/mol. The van der Waals surface area contributed by atoms with Gasteiger partial charge in [0.15, 0.2) is 9.84 Å². The van der Waals surface area contributed by atoms with E-state index in [0.717, 1.165) is 11.8 Å². The highest BCUT2D eigenvalue weighted by molar-refractivity contribution is 7.90. The quantitative estimate of drug-likeness (QED) is 0.404. The molecule has 10 heteroatoms. The van der Waals surface area contributed by atoms with Crippen LogP contribution in [0.1, 0.15) is 15.9 Å². The van der Waals surface area contributed by atoms with Crippen molar-refractivity contribution in [3.8, 4) is 5.69 Å². The number of amides is 1. The highest BCUT2D eigenvalue weighted by atomic mass is 35.5. The van der Waals surface area contributed by atoms with Crippen LogP contribution >= 0.6 is 23.2 Å². The van der Waals surface area contributed by atoms with E-state index in [1.54, 1.807) is 16.8 Å². The Labute approximate surface area is 206 Å². The lowest BCUT2D eigenvalue weighted by molar-refractivity contribution is 0.102. The summed E-state index contributed by atoms with van der Waals surface area (Å²) < 4.78 is 26.2. The minimum absolute atomic E-state index is 0.103. The van der Waals surface area contributed by atoms with Crippen molar-refractivity contribution < 1.29 is 13.2 Å². The minimum Gasteiger partial charge on any atom is -0.322 e. The molecule has 4 rings (SSSR count). The average molecular weight is 516 g/mol. The molecule has 0 aliphatic rings. The van der Waals surface area contributed by atoms with Crippen LogP contribution in [0.5, 0.6) is 0 Å². The number of rotatable bonds is 6. The average Bonchev–Trinajstić information content (AvgIpc) is 3.10. The first-order valence-electron chi connectivity index (χ1n) is 10.1. The number of aromatic nitrogens is 2. The molecule has 1 aromatic heterocycles. The molecule has 0 aliphatic carbocycles. The molecule has 174 valence electrons. The maximum atomic E-state index is 13.3. The van der Waals surface area contributed by atoms with Crippen molar-refractivity contribution in [3.63, 3.8) is 0 Å². The lowest BCUT2D eigenvalue weighted by Gasteiger charge is -2.13. The van der Waals surface area contributed by atoms with Gasteiger partial charge in [-0.15, -0.1) is 0 Å². The van der Waals surface area contributed by atoms with Gasteiger partial charge in [0.25, 0.3) is 11.5 Å². The molecule has 0 bridgehead atoms. The summed E-state index contributed by atoms with van der Waals surface area (Å²) in [5, 5.41) is 3.31. The lowest BCUT2D eigenvalue weighted by atomic mass is 10.2. The molecule has 0 saturated carbocycles. The van der Waals surface area contributed by atoms with E-state index in [4.69, 9.17) is 23.2 Å². The van der Waals surface area contributed by atoms with E-state index in [9.17, 15) is 18.0 Å². The molecule has 0 radical (unpaired) electrons. The molecule has 0 fully saturated rings. The van der Waals surface area contributed by atoms with Crippen LogP contribution in [0.25, 0.3) is 5.69 Å². The molecule has 0 spiro atoms. The summed E-state index contributed by atoms with van der Waals surface area (Å²) in [4.78, 5) is 26.5. The number of carbonyl (C=O) groups excluding carboxylic acids is 1. The van der Waals surface area contributed by atoms with E-state index in [0.29, 0.717) is 22.9 Å². The normalized spacial score (nSPS) is 11.4. The van der Waals surface area contributed by atoms with Crippen LogP contribution in [0, 0.1) is 0 Å². The maximum absolute atomic E-state index is 13.3. The summed E-state index contributed by atoms with van der Waals surface area (Å²) in [5.41, 5.74) is 0.978. The number of anilines is 1. The van der Waals surface area contributed by atoms with Gasteiger partial charge in [-0.25, -0.2) is 13.1 Å². The minimum atomic E-state index is -3.37. The van der Waals surface area contributed by atoms with Crippen LogP contribution in [0.2, 0.25) is 10.0 Å². The van der Waals surface area contributed by atoms with Gasteiger partial charge in [-0.05, 0) is 48.0 Å². The molecule has 1 amide bonds. The van der Waals surface area contributed by atoms with Gasteiger partial charge in [-0.2, -0.15) is 0 Å². The topological polar surface area (TPSA) is 90.2 Å². The second kappa shape index (κ2) is 9.50. The van der Waals surface area contributed by atoms with Crippen molar-refractivity contribution in [1.82, 2.24) is 9.36 Å². The van der Waals surface area contributed by atoms with Crippen molar-refractivity contribution in [1.29, 1.82) is 0 Å². The summed E-state index contributed by atoms with van der Waals surface area (Å²) in [7, 11) is -3.37. The van der Waals surface area contributed by atoms with Crippen molar-refractivity contribution in [2.24, 2.45) is 0 Å². The van der Waals surface area contributed by atoms with Gasteiger partial charge in [-0.3, -0.25) is 14.3 Å². The molecule has 7 nitrogen and oxygen atoms in total. The molecule has 0 saturated heterocycles. The van der Waals surface area contributed by atoms with Crippen LogP contribution < -0.4 is 10.9 Å². The molecule has 34 heavy (non-hydrogen) atoms. The zero-order chi connectivity index (χ0) is 24.5. The van der Waals surface area contributed by atoms with E-state index < -0.39 is 21.3 Å². The largest absolute Gasteiger partial charge is 0.322 e. The molecule has 0 unspecified atom stereocenters. The van der Waals surface area contributed by atoms with Gasteiger partial charge < -0.3 is 5.32 Å². The van der Waals surface area contributed by atoms with Crippen molar-refractivity contribution in [2.45, 2.75) is 11.4 Å². The summed E-state index contributed by atoms with van der Waals surface area (Å²) >= 11 is 12.4. The van der Waals surface area contributed by atoms with E-state index in [2.05, 4.69) is 5.32 Å². The Balaban J connectivity index is 1.74. The summed E-state index contributed by atoms with van der Waals surface area (Å²) in [6.45, 7) is 0.311. The number of nitrogens with one attached hydrogen (secondary N) is 1. The van der Waals surface area contributed by atoms with E-state index in [-0.39, 0.29) is 15.5 Å². The Bertz CT molecular complexity index is 1530. The standard InChI is InChI=1S/C24H19Cl2N3O4S/c1-34(32,33)19-10-8-18(9-11-19)27-23(30)20-15-28(14-16-5-3-2-4-6-16)29(24(20)31)22-12-7-17(25)13-21(22)26/h2-13,15H,14H2,1H3,(H,27,30). The fourth-order valence-electron chi connectivity index (χ4n) is 3.42. The summed E-state index contributed by atoms with van der Waals surface area (Å²) in [6.07, 6.45) is 2.56. The van der Waals surface area contributed by atoms with Gasteiger partial charge in [0.05, 0.1) is 22.2 Å². The molecule has 0 atom stereocenters. The fraction of sp³-hybridized carbons (Fsp3) is 0.0833. The van der Waals surface area contributed by atoms with Crippen LogP contribution in [-0.4, -0.2) is 29.9 Å². The SMILES string of the molecule is CS(=O)(=O)c1ccc(NC(=O)c2cn(Cc3ccccc3)n(-c3ccc(Cl)cc3Cl)c2=O)cc1. The van der Waals surface area contributed by atoms with Gasteiger partial charge in [0, 0.05) is 23.2 Å². The predicted octanol–water partition coefficient (Wildman–Crippen LogP) is 4.65. The van der Waals surface area contributed by atoms with Crippen LogP contribution in [0.4, 0.5) is 5.69 Å². The highest BCUT2D eigenvalue weighted by Gasteiger charge is 2.21. The third-order valence-corrected chi connectivity index (χ3v) is 6.73. The maximum Gasteiger partial charge on any atom is 0.284 e. The Hall–Kier alpha value is -3.33. The number of carbonyl (C=O) groups is 1. The Morgan fingerprint density at radius 3 is 2.26 bits per heavy atom. The Morgan fingerprint density at radius 1 is 0.971 bits per heavy atom. The van der Waals surface area contributed by atoms with Crippen molar-refractivity contribution >= 4 is 44.6 Å². The van der Waals surface area contributed by atoms with Crippen molar-refractivity contribution in [3.05, 3.63) is 111 Å². The number of benzene rings is 3. The van der Waals surface area contributed by atoms with Crippen molar-refractivity contribution in [2.75, 3.05) is 11.6 Å².